The molecule has 0 radical (unpaired) electrons. The van der Waals surface area contributed by atoms with Crippen molar-refractivity contribution in [3.05, 3.63) is 46.5 Å². The highest BCUT2D eigenvalue weighted by Crippen LogP contribution is 2.37. The van der Waals surface area contributed by atoms with Crippen molar-refractivity contribution in [3.63, 3.8) is 0 Å². The number of nitrogens with zero attached hydrogens (tertiary/aromatic N) is 2. The summed E-state index contributed by atoms with van der Waals surface area (Å²) in [5.74, 6) is 1.71. The second-order valence-corrected chi connectivity index (χ2v) is 6.32. The third-order valence-corrected chi connectivity index (χ3v) is 4.50. The van der Waals surface area contributed by atoms with Crippen LogP contribution in [0.25, 0.3) is 0 Å². The zero-order chi connectivity index (χ0) is 13.8. The molecule has 5 heteroatoms. The van der Waals surface area contributed by atoms with Crippen LogP contribution in [0.1, 0.15) is 36.6 Å². The topological polar surface area (TPSA) is 53.6 Å². The Labute approximate surface area is 127 Å². The molecular weight excluding hydrogens is 316 g/mol. The van der Waals surface area contributed by atoms with Crippen molar-refractivity contribution in [2.45, 2.75) is 37.6 Å². The molecule has 3 rings (SSSR count). The summed E-state index contributed by atoms with van der Waals surface area (Å²) in [7, 11) is 0. The molecule has 1 saturated carbocycles. The number of aromatic amines is 1. The van der Waals surface area contributed by atoms with Crippen molar-refractivity contribution in [2.75, 3.05) is 6.54 Å². The zero-order valence-corrected chi connectivity index (χ0v) is 12.9. The van der Waals surface area contributed by atoms with Gasteiger partial charge < -0.3 is 5.32 Å². The van der Waals surface area contributed by atoms with E-state index in [9.17, 15) is 0 Å². The molecule has 1 aliphatic carbocycles. The van der Waals surface area contributed by atoms with Gasteiger partial charge in [0.25, 0.3) is 0 Å². The Bertz CT molecular complexity index is 517. The highest BCUT2D eigenvalue weighted by atomic mass is 79.9. The van der Waals surface area contributed by atoms with Crippen molar-refractivity contribution >= 4 is 15.9 Å². The SMILES string of the molecule is Brc1ccc(C2CC(NCCCc3ncn[nH]3)C2)cc1. The lowest BCUT2D eigenvalue weighted by Crippen LogP contribution is -2.40. The van der Waals surface area contributed by atoms with Gasteiger partial charge in [0.1, 0.15) is 12.2 Å². The maximum Gasteiger partial charge on any atom is 0.137 e. The van der Waals surface area contributed by atoms with Gasteiger partial charge >= 0.3 is 0 Å². The van der Waals surface area contributed by atoms with E-state index in [0.29, 0.717) is 6.04 Å². The van der Waals surface area contributed by atoms with Crippen LogP contribution in [0.15, 0.2) is 35.1 Å². The summed E-state index contributed by atoms with van der Waals surface area (Å²) in [4.78, 5) is 4.13. The number of hydrogen-bond acceptors (Lipinski definition) is 3. The molecule has 0 unspecified atom stereocenters. The van der Waals surface area contributed by atoms with E-state index in [1.54, 1.807) is 6.33 Å². The molecule has 4 nitrogen and oxygen atoms in total. The van der Waals surface area contributed by atoms with Crippen LogP contribution in [0.4, 0.5) is 0 Å². The number of halogens is 1. The Hall–Kier alpha value is -1.20. The quantitative estimate of drug-likeness (QED) is 0.798. The van der Waals surface area contributed by atoms with Gasteiger partial charge in [-0.3, -0.25) is 5.10 Å². The Kier molecular flexibility index (Phi) is 4.47. The summed E-state index contributed by atoms with van der Waals surface area (Å²) >= 11 is 3.48. The second-order valence-electron chi connectivity index (χ2n) is 5.41. The monoisotopic (exact) mass is 334 g/mol. The first-order valence-corrected chi connectivity index (χ1v) is 7.93. The number of aromatic nitrogens is 3. The number of hydrogen-bond donors (Lipinski definition) is 2. The van der Waals surface area contributed by atoms with Gasteiger partial charge in [-0.15, -0.1) is 0 Å². The average molecular weight is 335 g/mol. The van der Waals surface area contributed by atoms with Gasteiger partial charge in [-0.1, -0.05) is 28.1 Å². The van der Waals surface area contributed by atoms with Crippen LogP contribution in [-0.4, -0.2) is 27.8 Å². The molecule has 0 aliphatic heterocycles. The molecule has 0 saturated heterocycles. The fourth-order valence-corrected chi connectivity index (χ4v) is 2.97. The molecule has 106 valence electrons. The van der Waals surface area contributed by atoms with Crippen LogP contribution in [0.3, 0.4) is 0 Å². The Balaban J connectivity index is 1.33. The normalized spacial score (nSPS) is 21.6. The predicted molar refractivity (Wildman–Crippen MR) is 82.6 cm³/mol. The molecule has 20 heavy (non-hydrogen) atoms. The minimum absolute atomic E-state index is 0.679. The van der Waals surface area contributed by atoms with Crippen molar-refractivity contribution in [1.82, 2.24) is 20.5 Å². The first-order chi connectivity index (χ1) is 9.81. The fraction of sp³-hybridized carbons (Fsp3) is 0.467. The highest BCUT2D eigenvalue weighted by molar-refractivity contribution is 9.10. The third-order valence-electron chi connectivity index (χ3n) is 3.97. The van der Waals surface area contributed by atoms with Crippen molar-refractivity contribution < 1.29 is 0 Å². The molecule has 1 heterocycles. The molecule has 0 bridgehead atoms. The Morgan fingerprint density at radius 2 is 2.05 bits per heavy atom. The van der Waals surface area contributed by atoms with E-state index in [2.05, 4.69) is 60.7 Å². The molecule has 2 N–H and O–H groups in total. The van der Waals surface area contributed by atoms with Crippen LogP contribution in [0.5, 0.6) is 0 Å². The molecule has 1 aromatic carbocycles. The molecule has 2 aromatic rings. The molecule has 1 aliphatic rings. The molecule has 1 aromatic heterocycles. The lowest BCUT2D eigenvalue weighted by atomic mass is 9.76. The predicted octanol–water partition coefficient (Wildman–Crippen LogP) is 3.04. The maximum atomic E-state index is 4.13. The van der Waals surface area contributed by atoms with E-state index in [4.69, 9.17) is 0 Å². The highest BCUT2D eigenvalue weighted by Gasteiger charge is 2.29. The number of H-pyrrole nitrogens is 1. The van der Waals surface area contributed by atoms with Gasteiger partial charge in [-0.2, -0.15) is 5.10 Å². The second kappa shape index (κ2) is 6.50. The molecule has 0 atom stereocenters. The maximum absolute atomic E-state index is 4.13. The van der Waals surface area contributed by atoms with Gasteiger partial charge in [-0.25, -0.2) is 4.98 Å². The molecule has 1 fully saturated rings. The Morgan fingerprint density at radius 1 is 1.25 bits per heavy atom. The minimum atomic E-state index is 0.679. The van der Waals surface area contributed by atoms with Crippen molar-refractivity contribution in [2.24, 2.45) is 0 Å². The summed E-state index contributed by atoms with van der Waals surface area (Å²) in [5, 5.41) is 10.4. The number of benzene rings is 1. The first-order valence-electron chi connectivity index (χ1n) is 7.14. The van der Waals surface area contributed by atoms with E-state index in [1.807, 2.05) is 0 Å². The lowest BCUT2D eigenvalue weighted by molar-refractivity contribution is 0.290. The Morgan fingerprint density at radius 3 is 2.75 bits per heavy atom. The average Bonchev–Trinajstić information content (AvgIpc) is 2.91. The van der Waals surface area contributed by atoms with Crippen LogP contribution in [0, 0.1) is 0 Å². The molecule has 0 spiro atoms. The van der Waals surface area contributed by atoms with Gasteiger partial charge in [0.05, 0.1) is 0 Å². The van der Waals surface area contributed by atoms with E-state index in [1.165, 1.54) is 18.4 Å². The number of rotatable bonds is 6. The van der Waals surface area contributed by atoms with Crippen molar-refractivity contribution in [1.29, 1.82) is 0 Å². The van der Waals surface area contributed by atoms with Crippen molar-refractivity contribution in [3.8, 4) is 0 Å². The molecule has 0 amide bonds. The van der Waals surface area contributed by atoms with E-state index < -0.39 is 0 Å². The summed E-state index contributed by atoms with van der Waals surface area (Å²) in [5.41, 5.74) is 1.47. The summed E-state index contributed by atoms with van der Waals surface area (Å²) in [6.45, 7) is 1.05. The number of nitrogens with one attached hydrogen (secondary N) is 2. The number of aryl methyl sites for hydroxylation is 1. The smallest absolute Gasteiger partial charge is 0.137 e. The largest absolute Gasteiger partial charge is 0.314 e. The van der Waals surface area contributed by atoms with Gasteiger partial charge in [0.15, 0.2) is 0 Å². The van der Waals surface area contributed by atoms with E-state index in [-0.39, 0.29) is 0 Å². The van der Waals surface area contributed by atoms with Crippen LogP contribution >= 0.6 is 15.9 Å². The fourth-order valence-electron chi connectivity index (χ4n) is 2.70. The zero-order valence-electron chi connectivity index (χ0n) is 11.3. The molecular formula is C15H19BrN4. The first kappa shape index (κ1) is 13.8. The van der Waals surface area contributed by atoms with E-state index in [0.717, 1.165) is 35.6 Å². The summed E-state index contributed by atoms with van der Waals surface area (Å²) in [6, 6.07) is 9.41. The third kappa shape index (κ3) is 3.46. The summed E-state index contributed by atoms with van der Waals surface area (Å²) < 4.78 is 1.16. The van der Waals surface area contributed by atoms with E-state index >= 15 is 0 Å². The van der Waals surface area contributed by atoms with Gasteiger partial charge in [-0.05, 0) is 49.4 Å². The van der Waals surface area contributed by atoms with Crippen LogP contribution in [0.2, 0.25) is 0 Å². The van der Waals surface area contributed by atoms with Crippen LogP contribution in [-0.2, 0) is 6.42 Å². The van der Waals surface area contributed by atoms with Crippen LogP contribution < -0.4 is 5.32 Å². The minimum Gasteiger partial charge on any atom is -0.314 e. The lowest BCUT2D eigenvalue weighted by Gasteiger charge is -2.36. The standard InChI is InChI=1S/C15H19BrN4/c16-13-5-3-11(4-6-13)12-8-14(9-12)17-7-1-2-15-18-10-19-20-15/h3-6,10,12,14,17H,1-2,7-9H2,(H,18,19,20). The van der Waals surface area contributed by atoms with Gasteiger partial charge in [0, 0.05) is 16.9 Å². The summed E-state index contributed by atoms with van der Waals surface area (Å²) in [6.07, 6.45) is 6.15. The van der Waals surface area contributed by atoms with Gasteiger partial charge in [0.2, 0.25) is 0 Å².